The fourth-order valence-electron chi connectivity index (χ4n) is 3.21. The average molecular weight is 384 g/mol. The Morgan fingerprint density at radius 3 is 2.63 bits per heavy atom. The number of aliphatic imine (C=N–C) groups is 1. The van der Waals surface area contributed by atoms with E-state index in [4.69, 9.17) is 4.74 Å². The first kappa shape index (κ1) is 21.2. The van der Waals surface area contributed by atoms with Gasteiger partial charge in [-0.2, -0.15) is 8.78 Å². The second-order valence-corrected chi connectivity index (χ2v) is 6.55. The molecule has 2 N–H and O–H groups in total. The number of ether oxygens (including phenoxy) is 2. The fourth-order valence-corrected chi connectivity index (χ4v) is 3.21. The third-order valence-electron chi connectivity index (χ3n) is 4.60. The molecule has 1 heterocycles. The maximum Gasteiger partial charge on any atom is 0.387 e. The minimum Gasteiger partial charge on any atom is -0.493 e. The maximum absolute atomic E-state index is 12.5. The van der Waals surface area contributed by atoms with Crippen molar-refractivity contribution < 1.29 is 18.3 Å². The molecule has 1 aromatic rings. The van der Waals surface area contributed by atoms with Crippen molar-refractivity contribution in [2.75, 3.05) is 33.8 Å². The minimum atomic E-state index is -2.89. The maximum atomic E-state index is 12.5. The van der Waals surface area contributed by atoms with E-state index < -0.39 is 6.61 Å². The van der Waals surface area contributed by atoms with Gasteiger partial charge in [0.05, 0.1) is 7.11 Å². The fraction of sp³-hybridized carbons (Fsp3) is 0.632. The van der Waals surface area contributed by atoms with Crippen LogP contribution < -0.4 is 20.1 Å². The number of hydrogen-bond acceptors (Lipinski definition) is 4. The standard InChI is InChI=1S/C19H30F2N4O2/c1-4-9-25-10-7-15(8-11-25)24-19(22-2)23-13-14-5-6-16(26-3)17(12-14)27-18(20)21/h5-6,12,15,18H,4,7-11,13H2,1-3H3,(H2,22,23,24). The van der Waals surface area contributed by atoms with Crippen molar-refractivity contribution in [3.8, 4) is 11.5 Å². The van der Waals surface area contributed by atoms with Crippen molar-refractivity contribution in [1.29, 1.82) is 0 Å². The number of piperidine rings is 1. The Morgan fingerprint density at radius 1 is 1.30 bits per heavy atom. The Labute approximate surface area is 159 Å². The average Bonchev–Trinajstić information content (AvgIpc) is 2.66. The highest BCUT2D eigenvalue weighted by molar-refractivity contribution is 5.80. The third kappa shape index (κ3) is 6.86. The molecule has 0 unspecified atom stereocenters. The molecule has 1 saturated heterocycles. The van der Waals surface area contributed by atoms with Crippen LogP contribution >= 0.6 is 0 Å². The lowest BCUT2D eigenvalue weighted by Crippen LogP contribution is -2.48. The molecule has 8 heteroatoms. The van der Waals surface area contributed by atoms with E-state index in [1.54, 1.807) is 25.2 Å². The summed E-state index contributed by atoms with van der Waals surface area (Å²) in [6.45, 7) is 3.09. The minimum absolute atomic E-state index is 0.0260. The van der Waals surface area contributed by atoms with Crippen LogP contribution in [0.4, 0.5) is 8.78 Å². The Bertz CT molecular complexity index is 605. The van der Waals surface area contributed by atoms with Crippen LogP contribution in [0.25, 0.3) is 0 Å². The summed E-state index contributed by atoms with van der Waals surface area (Å²) in [4.78, 5) is 6.74. The SMILES string of the molecule is CCCN1CCC(NC(=NC)NCc2ccc(OC)c(OC(F)F)c2)CC1. The predicted molar refractivity (Wildman–Crippen MR) is 103 cm³/mol. The van der Waals surface area contributed by atoms with Gasteiger partial charge in [-0.05, 0) is 43.5 Å². The molecule has 152 valence electrons. The van der Waals surface area contributed by atoms with Gasteiger partial charge in [0.2, 0.25) is 0 Å². The summed E-state index contributed by atoms with van der Waals surface area (Å²) >= 11 is 0. The van der Waals surface area contributed by atoms with Crippen molar-refractivity contribution in [1.82, 2.24) is 15.5 Å². The molecule has 0 aliphatic carbocycles. The smallest absolute Gasteiger partial charge is 0.387 e. The number of guanidine groups is 1. The van der Waals surface area contributed by atoms with Crippen molar-refractivity contribution in [2.24, 2.45) is 4.99 Å². The van der Waals surface area contributed by atoms with Crippen LogP contribution in [0.3, 0.4) is 0 Å². The molecule has 1 aliphatic rings. The van der Waals surface area contributed by atoms with E-state index in [9.17, 15) is 8.78 Å². The molecule has 1 aliphatic heterocycles. The Morgan fingerprint density at radius 2 is 2.04 bits per heavy atom. The largest absolute Gasteiger partial charge is 0.493 e. The van der Waals surface area contributed by atoms with E-state index in [-0.39, 0.29) is 11.5 Å². The number of nitrogens with zero attached hydrogens (tertiary/aromatic N) is 2. The topological polar surface area (TPSA) is 58.1 Å². The van der Waals surface area contributed by atoms with Gasteiger partial charge in [0, 0.05) is 32.7 Å². The second-order valence-electron chi connectivity index (χ2n) is 6.55. The van der Waals surface area contributed by atoms with E-state index in [2.05, 4.69) is 32.2 Å². The molecule has 27 heavy (non-hydrogen) atoms. The first-order valence-electron chi connectivity index (χ1n) is 9.37. The Hall–Kier alpha value is -2.09. The summed E-state index contributed by atoms with van der Waals surface area (Å²) in [7, 11) is 3.14. The highest BCUT2D eigenvalue weighted by Gasteiger charge is 2.19. The van der Waals surface area contributed by atoms with Crippen LogP contribution in [0.5, 0.6) is 11.5 Å². The van der Waals surface area contributed by atoms with Crippen molar-refractivity contribution >= 4 is 5.96 Å². The number of benzene rings is 1. The molecule has 0 spiro atoms. The van der Waals surface area contributed by atoms with Gasteiger partial charge in [-0.25, -0.2) is 0 Å². The zero-order chi connectivity index (χ0) is 19.6. The number of alkyl halides is 2. The van der Waals surface area contributed by atoms with Crippen LogP contribution in [0.1, 0.15) is 31.7 Å². The molecule has 1 fully saturated rings. The lowest BCUT2D eigenvalue weighted by atomic mass is 10.1. The lowest BCUT2D eigenvalue weighted by Gasteiger charge is -2.32. The molecule has 0 saturated carbocycles. The number of halogens is 2. The molecular formula is C19H30F2N4O2. The molecule has 0 bridgehead atoms. The zero-order valence-corrected chi connectivity index (χ0v) is 16.3. The first-order valence-corrected chi connectivity index (χ1v) is 9.37. The van der Waals surface area contributed by atoms with E-state index in [0.717, 1.165) is 38.0 Å². The molecule has 0 radical (unpaired) electrons. The number of likely N-dealkylation sites (tertiary alicyclic amines) is 1. The van der Waals surface area contributed by atoms with E-state index in [1.807, 2.05) is 0 Å². The molecule has 0 amide bonds. The van der Waals surface area contributed by atoms with Gasteiger partial charge in [-0.3, -0.25) is 4.99 Å². The van der Waals surface area contributed by atoms with E-state index in [1.165, 1.54) is 13.5 Å². The van der Waals surface area contributed by atoms with Gasteiger partial charge in [-0.1, -0.05) is 13.0 Å². The summed E-state index contributed by atoms with van der Waals surface area (Å²) in [6, 6.07) is 5.36. The molecule has 0 atom stereocenters. The van der Waals surface area contributed by atoms with Gasteiger partial charge < -0.3 is 25.0 Å². The predicted octanol–water partition coefficient (Wildman–Crippen LogP) is 2.84. The van der Waals surface area contributed by atoms with Crippen LogP contribution in [0.15, 0.2) is 23.2 Å². The third-order valence-corrected chi connectivity index (χ3v) is 4.60. The lowest BCUT2D eigenvalue weighted by molar-refractivity contribution is -0.0512. The molecular weight excluding hydrogens is 354 g/mol. The van der Waals surface area contributed by atoms with Crippen molar-refractivity contribution in [2.45, 2.75) is 45.4 Å². The highest BCUT2D eigenvalue weighted by atomic mass is 19.3. The Kier molecular flexibility index (Phi) is 8.57. The van der Waals surface area contributed by atoms with Gasteiger partial charge in [0.1, 0.15) is 0 Å². The van der Waals surface area contributed by atoms with Gasteiger partial charge >= 0.3 is 6.61 Å². The Balaban J connectivity index is 1.87. The monoisotopic (exact) mass is 384 g/mol. The summed E-state index contributed by atoms with van der Waals surface area (Å²) in [5, 5.41) is 6.67. The van der Waals surface area contributed by atoms with Crippen molar-refractivity contribution in [3.63, 3.8) is 0 Å². The van der Waals surface area contributed by atoms with Crippen LogP contribution in [0.2, 0.25) is 0 Å². The van der Waals surface area contributed by atoms with Crippen LogP contribution in [0, 0.1) is 0 Å². The molecule has 2 rings (SSSR count). The summed E-state index contributed by atoms with van der Waals surface area (Å²) in [6.07, 6.45) is 3.34. The molecule has 1 aromatic carbocycles. The van der Waals surface area contributed by atoms with Crippen molar-refractivity contribution in [3.05, 3.63) is 23.8 Å². The summed E-state index contributed by atoms with van der Waals surface area (Å²) in [5.74, 6) is 1.01. The number of rotatable bonds is 8. The summed E-state index contributed by atoms with van der Waals surface area (Å²) < 4.78 is 34.7. The van der Waals surface area contributed by atoms with Crippen LogP contribution in [-0.2, 0) is 6.54 Å². The molecule has 6 nitrogen and oxygen atoms in total. The quantitative estimate of drug-likeness (QED) is 0.533. The van der Waals surface area contributed by atoms with E-state index >= 15 is 0 Å². The number of methoxy groups -OCH3 is 1. The first-order chi connectivity index (χ1) is 13.0. The number of hydrogen-bond donors (Lipinski definition) is 2. The van der Waals surface area contributed by atoms with Gasteiger partial charge in [0.25, 0.3) is 0 Å². The van der Waals surface area contributed by atoms with Gasteiger partial charge in [0.15, 0.2) is 17.5 Å². The molecule has 0 aromatic heterocycles. The normalized spacial score (nSPS) is 16.4. The second kappa shape index (κ2) is 10.9. The van der Waals surface area contributed by atoms with Crippen LogP contribution in [-0.4, -0.2) is 57.3 Å². The van der Waals surface area contributed by atoms with Gasteiger partial charge in [-0.15, -0.1) is 0 Å². The summed E-state index contributed by atoms with van der Waals surface area (Å²) in [5.41, 5.74) is 0.798. The zero-order valence-electron chi connectivity index (χ0n) is 16.3. The highest BCUT2D eigenvalue weighted by Crippen LogP contribution is 2.29. The van der Waals surface area contributed by atoms with E-state index in [0.29, 0.717) is 18.5 Å². The number of nitrogens with one attached hydrogen (secondary N) is 2.